The van der Waals surface area contributed by atoms with E-state index in [4.69, 9.17) is 4.74 Å². The molecule has 1 aromatic heterocycles. The Bertz CT molecular complexity index is 831. The lowest BCUT2D eigenvalue weighted by molar-refractivity contribution is -0.385. The average molecular weight is 320 g/mol. The summed E-state index contributed by atoms with van der Waals surface area (Å²) in [6.45, 7) is 1.49. The van der Waals surface area contributed by atoms with Gasteiger partial charge in [-0.05, 0) is 6.92 Å². The van der Waals surface area contributed by atoms with E-state index in [1.807, 2.05) is 0 Å². The number of anilines is 1. The van der Waals surface area contributed by atoms with Crippen LogP contribution in [0.1, 0.15) is 11.3 Å². The number of nitro groups is 1. The molecule has 0 fully saturated rings. The summed E-state index contributed by atoms with van der Waals surface area (Å²) >= 11 is 0. The monoisotopic (exact) mass is 320 g/mol. The summed E-state index contributed by atoms with van der Waals surface area (Å²) in [5, 5.41) is 31.7. The predicted molar refractivity (Wildman–Crippen MR) is 79.9 cm³/mol. The number of rotatable bonds is 5. The number of hydrogen-bond acceptors (Lipinski definition) is 9. The fourth-order valence-electron chi connectivity index (χ4n) is 1.58. The van der Waals surface area contributed by atoms with E-state index in [9.17, 15) is 20.0 Å². The van der Waals surface area contributed by atoms with Crippen LogP contribution in [0.25, 0.3) is 0 Å². The van der Waals surface area contributed by atoms with E-state index in [1.54, 1.807) is 0 Å². The first-order valence-corrected chi connectivity index (χ1v) is 6.20. The van der Waals surface area contributed by atoms with Gasteiger partial charge in [0.05, 0.1) is 24.3 Å². The topological polar surface area (TPSA) is 156 Å². The summed E-state index contributed by atoms with van der Waals surface area (Å²) in [6, 6.07) is 2.20. The van der Waals surface area contributed by atoms with Crippen LogP contribution in [-0.4, -0.2) is 38.5 Å². The number of aryl methyl sites for hydroxylation is 1. The lowest BCUT2D eigenvalue weighted by Gasteiger charge is -2.05. The number of hydrogen-bond donors (Lipinski definition) is 3. The van der Waals surface area contributed by atoms with Gasteiger partial charge in [0, 0.05) is 11.6 Å². The van der Waals surface area contributed by atoms with Gasteiger partial charge in [-0.15, -0.1) is 10.2 Å². The normalized spacial score (nSPS) is 10.7. The molecule has 0 aliphatic heterocycles. The number of hydrazone groups is 1. The molecule has 2 aromatic rings. The molecule has 23 heavy (non-hydrogen) atoms. The molecular weight excluding hydrogens is 308 g/mol. The number of phenolic OH excluding ortho intramolecular Hbond substituents is 1. The molecule has 0 saturated heterocycles. The highest BCUT2D eigenvalue weighted by Crippen LogP contribution is 2.33. The molecule has 0 atom stereocenters. The fourth-order valence-corrected chi connectivity index (χ4v) is 1.58. The van der Waals surface area contributed by atoms with Gasteiger partial charge >= 0.3 is 0 Å². The summed E-state index contributed by atoms with van der Waals surface area (Å²) < 4.78 is 4.86. The Kier molecular flexibility index (Phi) is 4.50. The maximum Gasteiger partial charge on any atom is 0.274 e. The number of phenols is 1. The van der Waals surface area contributed by atoms with Crippen LogP contribution >= 0.6 is 0 Å². The molecule has 2 rings (SSSR count). The maximum absolute atomic E-state index is 11.3. The van der Waals surface area contributed by atoms with Crippen molar-refractivity contribution in [2.24, 2.45) is 5.10 Å². The molecule has 0 aliphatic carbocycles. The van der Waals surface area contributed by atoms with Crippen LogP contribution in [0.5, 0.6) is 11.5 Å². The molecule has 1 heterocycles. The standard InChI is InChI=1S/C12H12N6O5/c1-6-11(20)14-12(17-15-6)16-13-5-7-3-8(18(21)22)4-9(23-2)10(7)19/h3-5,19H,1-2H3,(H2,14,16,17,20)/b13-5-. The van der Waals surface area contributed by atoms with E-state index in [-0.39, 0.29) is 34.4 Å². The number of non-ortho nitro benzene ring substituents is 1. The molecule has 120 valence electrons. The second-order valence-electron chi connectivity index (χ2n) is 4.30. The lowest BCUT2D eigenvalue weighted by atomic mass is 10.2. The zero-order chi connectivity index (χ0) is 17.0. The number of aromatic hydroxyl groups is 1. The first kappa shape index (κ1) is 15.9. The Balaban J connectivity index is 2.27. The highest BCUT2D eigenvalue weighted by molar-refractivity contribution is 5.86. The maximum atomic E-state index is 11.3. The van der Waals surface area contributed by atoms with Crippen LogP contribution < -0.4 is 15.7 Å². The molecule has 0 bridgehead atoms. The molecule has 11 nitrogen and oxygen atoms in total. The number of nitrogens with one attached hydrogen (secondary N) is 2. The van der Waals surface area contributed by atoms with Gasteiger partial charge in [0.15, 0.2) is 11.5 Å². The van der Waals surface area contributed by atoms with Gasteiger partial charge in [0.25, 0.3) is 11.2 Å². The predicted octanol–water partition coefficient (Wildman–Crippen LogP) is 0.542. The summed E-state index contributed by atoms with van der Waals surface area (Å²) in [6.07, 6.45) is 1.12. The van der Waals surface area contributed by atoms with Crippen LogP contribution in [0.4, 0.5) is 11.6 Å². The van der Waals surface area contributed by atoms with Crippen LogP contribution in [0.15, 0.2) is 22.0 Å². The molecule has 0 saturated carbocycles. The Morgan fingerprint density at radius 1 is 1.48 bits per heavy atom. The Morgan fingerprint density at radius 2 is 2.22 bits per heavy atom. The SMILES string of the molecule is COc1cc([N+](=O)[O-])cc(/C=N\Nc2nnc(C)c(=O)[nH]2)c1O. The van der Waals surface area contributed by atoms with Gasteiger partial charge in [0.2, 0.25) is 5.95 Å². The summed E-state index contributed by atoms with van der Waals surface area (Å²) in [4.78, 5) is 23.9. The van der Waals surface area contributed by atoms with E-state index in [1.165, 1.54) is 14.0 Å². The van der Waals surface area contributed by atoms with Crippen molar-refractivity contribution in [1.82, 2.24) is 15.2 Å². The van der Waals surface area contributed by atoms with Crippen LogP contribution in [0, 0.1) is 17.0 Å². The zero-order valence-corrected chi connectivity index (χ0v) is 12.1. The Labute approximate surface area is 128 Å². The van der Waals surface area contributed by atoms with Crippen molar-refractivity contribution in [1.29, 1.82) is 0 Å². The van der Waals surface area contributed by atoms with E-state index in [0.717, 1.165) is 18.3 Å². The number of nitro benzene ring substituents is 1. The minimum atomic E-state index is -0.629. The van der Waals surface area contributed by atoms with E-state index < -0.39 is 10.5 Å². The van der Waals surface area contributed by atoms with Crippen LogP contribution in [-0.2, 0) is 0 Å². The third kappa shape index (κ3) is 3.58. The fraction of sp³-hybridized carbons (Fsp3) is 0.167. The lowest BCUT2D eigenvalue weighted by Crippen LogP contribution is -2.15. The molecule has 0 radical (unpaired) electrons. The number of aromatic nitrogens is 3. The molecular formula is C12H12N6O5. The second kappa shape index (κ2) is 6.51. The first-order chi connectivity index (χ1) is 10.9. The Hall–Kier alpha value is -3.50. The summed E-state index contributed by atoms with van der Waals surface area (Å²) in [5.41, 5.74) is 1.93. The number of benzene rings is 1. The summed E-state index contributed by atoms with van der Waals surface area (Å²) in [7, 11) is 1.27. The third-order valence-electron chi connectivity index (χ3n) is 2.75. The molecule has 0 unspecified atom stereocenters. The van der Waals surface area contributed by atoms with Crippen molar-refractivity contribution in [3.63, 3.8) is 0 Å². The van der Waals surface area contributed by atoms with Crippen molar-refractivity contribution in [3.8, 4) is 11.5 Å². The number of H-pyrrole nitrogens is 1. The number of nitrogens with zero attached hydrogens (tertiary/aromatic N) is 4. The highest BCUT2D eigenvalue weighted by atomic mass is 16.6. The zero-order valence-electron chi connectivity index (χ0n) is 12.1. The highest BCUT2D eigenvalue weighted by Gasteiger charge is 2.15. The Morgan fingerprint density at radius 3 is 2.83 bits per heavy atom. The number of aromatic amines is 1. The van der Waals surface area contributed by atoms with Gasteiger partial charge in [-0.3, -0.25) is 19.9 Å². The number of ether oxygens (including phenoxy) is 1. The van der Waals surface area contributed by atoms with E-state index in [0.29, 0.717) is 0 Å². The minimum absolute atomic E-state index is 0.0197. The third-order valence-corrected chi connectivity index (χ3v) is 2.75. The largest absolute Gasteiger partial charge is 0.504 e. The van der Waals surface area contributed by atoms with Gasteiger partial charge < -0.3 is 9.84 Å². The smallest absolute Gasteiger partial charge is 0.274 e. The summed E-state index contributed by atoms with van der Waals surface area (Å²) in [5.74, 6) is -0.398. The van der Waals surface area contributed by atoms with Crippen LogP contribution in [0.2, 0.25) is 0 Å². The van der Waals surface area contributed by atoms with Gasteiger partial charge in [-0.1, -0.05) is 0 Å². The van der Waals surface area contributed by atoms with Crippen molar-refractivity contribution in [2.75, 3.05) is 12.5 Å². The molecule has 11 heteroatoms. The molecule has 1 aromatic carbocycles. The number of methoxy groups -OCH3 is 1. The molecule has 0 amide bonds. The molecule has 0 spiro atoms. The molecule has 0 aliphatic rings. The minimum Gasteiger partial charge on any atom is -0.504 e. The average Bonchev–Trinajstić information content (AvgIpc) is 2.52. The van der Waals surface area contributed by atoms with E-state index >= 15 is 0 Å². The van der Waals surface area contributed by atoms with Gasteiger partial charge in [0.1, 0.15) is 5.69 Å². The van der Waals surface area contributed by atoms with Gasteiger partial charge in [-0.2, -0.15) is 5.10 Å². The van der Waals surface area contributed by atoms with Crippen molar-refractivity contribution < 1.29 is 14.8 Å². The quantitative estimate of drug-likeness (QED) is 0.409. The van der Waals surface area contributed by atoms with E-state index in [2.05, 4.69) is 25.7 Å². The van der Waals surface area contributed by atoms with Gasteiger partial charge in [-0.25, -0.2) is 5.43 Å². The van der Waals surface area contributed by atoms with Crippen LogP contribution in [0.3, 0.4) is 0 Å². The van der Waals surface area contributed by atoms with Crippen molar-refractivity contribution in [3.05, 3.63) is 43.9 Å². The van der Waals surface area contributed by atoms with Crippen molar-refractivity contribution >= 4 is 17.9 Å². The second-order valence-corrected chi connectivity index (χ2v) is 4.30. The van der Waals surface area contributed by atoms with Crippen molar-refractivity contribution in [2.45, 2.75) is 6.92 Å². The molecule has 3 N–H and O–H groups in total. The first-order valence-electron chi connectivity index (χ1n) is 6.20.